The van der Waals surface area contributed by atoms with Gasteiger partial charge in [0.2, 0.25) is 5.91 Å². The number of esters is 1. The smallest absolute Gasteiger partial charge is 0.350 e. The van der Waals surface area contributed by atoms with Crippen LogP contribution in [-0.4, -0.2) is 34.1 Å². The lowest BCUT2D eigenvalue weighted by Gasteiger charge is -2.11. The van der Waals surface area contributed by atoms with Crippen molar-refractivity contribution in [2.45, 2.75) is 47.3 Å². The molecule has 0 saturated heterocycles. The summed E-state index contributed by atoms with van der Waals surface area (Å²) in [5.74, 6) is 0.0352. The highest BCUT2D eigenvalue weighted by Gasteiger charge is 2.18. The summed E-state index contributed by atoms with van der Waals surface area (Å²) in [4.78, 5) is 42.1. The minimum Gasteiger partial charge on any atom is -0.491 e. The Labute approximate surface area is 190 Å². The second-order valence-electron chi connectivity index (χ2n) is 8.14. The van der Waals surface area contributed by atoms with E-state index >= 15 is 0 Å². The summed E-state index contributed by atoms with van der Waals surface area (Å²) in [7, 11) is 0. The molecule has 0 aliphatic rings. The number of aryl methyl sites for hydroxylation is 1. The average molecular weight is 458 g/mol. The Bertz CT molecular complexity index is 1200. The van der Waals surface area contributed by atoms with Crippen LogP contribution in [0.4, 0.5) is 5.13 Å². The molecule has 1 N–H and O–H groups in total. The van der Waals surface area contributed by atoms with Crippen molar-refractivity contribution < 1.29 is 19.1 Å². The van der Waals surface area contributed by atoms with E-state index < -0.39 is 11.9 Å². The molecule has 0 fully saturated rings. The topological polar surface area (TPSA) is 99.5 Å². The van der Waals surface area contributed by atoms with Crippen molar-refractivity contribution in [1.82, 2.24) is 9.55 Å². The fraction of sp³-hybridized carbons (Fsp3) is 0.391. The molecule has 3 rings (SSSR count). The molecule has 0 radical (unpaired) electrons. The van der Waals surface area contributed by atoms with E-state index in [4.69, 9.17) is 9.47 Å². The van der Waals surface area contributed by atoms with Crippen molar-refractivity contribution in [3.63, 3.8) is 0 Å². The van der Waals surface area contributed by atoms with Gasteiger partial charge in [-0.25, -0.2) is 9.78 Å². The zero-order valence-electron chi connectivity index (χ0n) is 18.8. The van der Waals surface area contributed by atoms with Crippen LogP contribution in [0.2, 0.25) is 0 Å². The van der Waals surface area contributed by atoms with Crippen molar-refractivity contribution in [3.05, 3.63) is 51.4 Å². The van der Waals surface area contributed by atoms with E-state index in [9.17, 15) is 14.4 Å². The molecule has 2 aromatic heterocycles. The quantitative estimate of drug-likeness (QED) is 0.513. The third-order valence-corrected chi connectivity index (χ3v) is 5.46. The zero-order valence-corrected chi connectivity index (χ0v) is 19.6. The van der Waals surface area contributed by atoms with E-state index in [0.717, 1.165) is 16.7 Å². The minimum atomic E-state index is -0.458. The van der Waals surface area contributed by atoms with Crippen molar-refractivity contribution in [3.8, 4) is 5.75 Å². The predicted octanol–water partition coefficient (Wildman–Crippen LogP) is 4.01. The molecule has 32 heavy (non-hydrogen) atoms. The molecule has 0 bridgehead atoms. The van der Waals surface area contributed by atoms with Crippen molar-refractivity contribution in [2.24, 2.45) is 5.92 Å². The van der Waals surface area contributed by atoms with E-state index in [1.807, 2.05) is 27.7 Å². The molecule has 0 spiro atoms. The molecule has 0 unspecified atom stereocenters. The molecule has 0 saturated carbocycles. The van der Waals surface area contributed by atoms with Gasteiger partial charge in [0.1, 0.15) is 17.2 Å². The maximum atomic E-state index is 12.8. The molecule has 1 aromatic carbocycles. The van der Waals surface area contributed by atoms with Crippen LogP contribution < -0.4 is 15.6 Å². The number of hydrogen-bond donors (Lipinski definition) is 1. The van der Waals surface area contributed by atoms with Gasteiger partial charge in [0.05, 0.1) is 18.4 Å². The maximum Gasteiger partial charge on any atom is 0.350 e. The SMILES string of the molecule is Cc1nc(NC(=O)Cn2ccc3cc(OC(C)C)ccc3c2=O)sc1C(=O)OCC(C)C. The number of carbonyl (C=O) groups excluding carboxylic acids is 2. The second kappa shape index (κ2) is 9.95. The lowest BCUT2D eigenvalue weighted by molar-refractivity contribution is -0.116. The molecule has 8 nitrogen and oxygen atoms in total. The van der Waals surface area contributed by atoms with Crippen molar-refractivity contribution in [2.75, 3.05) is 11.9 Å². The number of benzene rings is 1. The number of rotatable bonds is 8. The van der Waals surface area contributed by atoms with Crippen LogP contribution in [-0.2, 0) is 16.1 Å². The van der Waals surface area contributed by atoms with Crippen LogP contribution in [0, 0.1) is 12.8 Å². The lowest BCUT2D eigenvalue weighted by Crippen LogP contribution is -2.27. The van der Waals surface area contributed by atoms with Crippen LogP contribution in [0.25, 0.3) is 10.8 Å². The standard InChI is InChI=1S/C23H27N3O5S/c1-13(2)12-30-22(29)20-15(5)24-23(32-20)25-19(27)11-26-9-8-16-10-17(31-14(3)4)6-7-18(16)21(26)28/h6-10,13-14H,11-12H2,1-5H3,(H,24,25,27). The first-order valence-electron chi connectivity index (χ1n) is 10.4. The first kappa shape index (κ1) is 23.5. The summed E-state index contributed by atoms with van der Waals surface area (Å²) in [5, 5.41) is 4.18. The maximum absolute atomic E-state index is 12.8. The Balaban J connectivity index is 1.71. The molecular formula is C23H27N3O5S. The Kier molecular flexibility index (Phi) is 7.29. The number of carbonyl (C=O) groups is 2. The number of ether oxygens (including phenoxy) is 2. The van der Waals surface area contributed by atoms with Crippen LogP contribution >= 0.6 is 11.3 Å². The van der Waals surface area contributed by atoms with Gasteiger partial charge in [0.15, 0.2) is 5.13 Å². The normalized spacial score (nSPS) is 11.2. The van der Waals surface area contributed by atoms with Gasteiger partial charge in [-0.3, -0.25) is 9.59 Å². The summed E-state index contributed by atoms with van der Waals surface area (Å²) >= 11 is 1.05. The molecule has 2 heterocycles. The van der Waals surface area contributed by atoms with E-state index in [2.05, 4.69) is 10.3 Å². The number of fused-ring (bicyclic) bond motifs is 1. The first-order chi connectivity index (χ1) is 15.1. The number of thiazole rings is 1. The second-order valence-corrected chi connectivity index (χ2v) is 9.14. The summed E-state index contributed by atoms with van der Waals surface area (Å²) < 4.78 is 12.2. The van der Waals surface area contributed by atoms with Gasteiger partial charge in [0, 0.05) is 11.6 Å². The van der Waals surface area contributed by atoms with E-state index in [-0.39, 0.29) is 29.3 Å². The van der Waals surface area contributed by atoms with E-state index in [1.54, 1.807) is 37.4 Å². The van der Waals surface area contributed by atoms with E-state index in [1.165, 1.54) is 4.57 Å². The highest BCUT2D eigenvalue weighted by molar-refractivity contribution is 7.17. The van der Waals surface area contributed by atoms with Gasteiger partial charge in [-0.05, 0) is 56.3 Å². The molecule has 0 aliphatic heterocycles. The third-order valence-electron chi connectivity index (χ3n) is 4.41. The molecule has 170 valence electrons. The van der Waals surface area contributed by atoms with Gasteiger partial charge in [-0.15, -0.1) is 0 Å². The minimum absolute atomic E-state index is 0.0311. The number of anilines is 1. The van der Waals surface area contributed by atoms with Crippen molar-refractivity contribution in [1.29, 1.82) is 0 Å². The van der Waals surface area contributed by atoms with E-state index in [0.29, 0.717) is 28.3 Å². The molecule has 0 aliphatic carbocycles. The average Bonchev–Trinajstić information content (AvgIpc) is 3.07. The Hall–Kier alpha value is -3.20. The molecular weight excluding hydrogens is 430 g/mol. The van der Waals surface area contributed by atoms with Gasteiger partial charge < -0.3 is 19.4 Å². The molecule has 0 atom stereocenters. The Morgan fingerprint density at radius 3 is 2.62 bits per heavy atom. The zero-order chi connectivity index (χ0) is 23.4. The summed E-state index contributed by atoms with van der Waals surface area (Å²) in [6, 6.07) is 7.02. The highest BCUT2D eigenvalue weighted by Crippen LogP contribution is 2.24. The number of nitrogens with zero attached hydrogens (tertiary/aromatic N) is 2. The largest absolute Gasteiger partial charge is 0.491 e. The number of hydrogen-bond acceptors (Lipinski definition) is 7. The van der Waals surface area contributed by atoms with Gasteiger partial charge in [0.25, 0.3) is 5.56 Å². The van der Waals surface area contributed by atoms with Crippen LogP contribution in [0.15, 0.2) is 35.3 Å². The number of pyridine rings is 1. The van der Waals surface area contributed by atoms with Crippen LogP contribution in [0.1, 0.15) is 43.1 Å². The summed E-state index contributed by atoms with van der Waals surface area (Å²) in [6.45, 7) is 9.59. The van der Waals surface area contributed by atoms with Crippen molar-refractivity contribution >= 4 is 39.1 Å². The van der Waals surface area contributed by atoms with Crippen LogP contribution in [0.3, 0.4) is 0 Å². The fourth-order valence-electron chi connectivity index (χ4n) is 3.00. The Morgan fingerprint density at radius 2 is 1.94 bits per heavy atom. The van der Waals surface area contributed by atoms with Gasteiger partial charge >= 0.3 is 5.97 Å². The monoisotopic (exact) mass is 457 g/mol. The fourth-order valence-corrected chi connectivity index (χ4v) is 3.87. The number of aromatic nitrogens is 2. The first-order valence-corrected chi connectivity index (χ1v) is 11.2. The third kappa shape index (κ3) is 5.73. The van der Waals surface area contributed by atoms with Gasteiger partial charge in [-0.2, -0.15) is 0 Å². The highest BCUT2D eigenvalue weighted by atomic mass is 32.1. The summed E-state index contributed by atoms with van der Waals surface area (Å²) in [6.07, 6.45) is 1.61. The number of nitrogens with one attached hydrogen (secondary N) is 1. The predicted molar refractivity (Wildman–Crippen MR) is 125 cm³/mol. The molecule has 1 amide bonds. The number of amides is 1. The Morgan fingerprint density at radius 1 is 1.19 bits per heavy atom. The van der Waals surface area contributed by atoms with Gasteiger partial charge in [-0.1, -0.05) is 25.2 Å². The molecule has 3 aromatic rings. The molecule has 9 heteroatoms. The lowest BCUT2D eigenvalue weighted by atomic mass is 10.1. The summed E-state index contributed by atoms with van der Waals surface area (Å²) in [5.41, 5.74) is 0.211. The van der Waals surface area contributed by atoms with Crippen LogP contribution in [0.5, 0.6) is 5.75 Å².